The van der Waals surface area contributed by atoms with Gasteiger partial charge in [-0.1, -0.05) is 47.5 Å². The molecule has 2 aliphatic carbocycles. The van der Waals surface area contributed by atoms with Crippen LogP contribution in [0, 0.1) is 29.5 Å². The standard InChI is InChI=1S/C40H31ClFN3O8/c1-53-32-16-5-20(18-31(32)46)34-27-14-15-28-33(37(49)44(35(28)47)26-4-2-3-21(17-26)38(50)51)29(27)19-30-36(48)45(43-25-12-10-24(42)11-13-25)39(52)40(30,34)22-6-8-23(41)9-7-22/h2-14,16-18,28-30,33-34,43,46H,15,19H2,1H3,(H,50,51). The molecule has 4 amide bonds. The average Bonchev–Trinajstić information content (AvgIpc) is 3.53. The molecule has 11 nitrogen and oxygen atoms in total. The fourth-order valence-corrected chi connectivity index (χ4v) is 9.08. The van der Waals surface area contributed by atoms with Crippen LogP contribution in [0.2, 0.25) is 5.02 Å². The highest BCUT2D eigenvalue weighted by Gasteiger charge is 2.70. The molecule has 3 fully saturated rings. The van der Waals surface area contributed by atoms with Crippen molar-refractivity contribution in [3.8, 4) is 11.5 Å². The van der Waals surface area contributed by atoms with Crippen LogP contribution in [-0.2, 0) is 24.6 Å². The molecular formula is C40H31ClFN3O8. The van der Waals surface area contributed by atoms with Gasteiger partial charge in [0.25, 0.3) is 11.8 Å². The topological polar surface area (TPSA) is 154 Å². The molecule has 0 spiro atoms. The van der Waals surface area contributed by atoms with Gasteiger partial charge < -0.3 is 14.9 Å². The number of fused-ring (bicyclic) bond motifs is 4. The third kappa shape index (κ3) is 5.11. The summed E-state index contributed by atoms with van der Waals surface area (Å²) in [6, 6.07) is 22.1. The van der Waals surface area contributed by atoms with E-state index in [9.17, 15) is 33.8 Å². The van der Waals surface area contributed by atoms with Crippen LogP contribution in [-0.4, -0.2) is 51.9 Å². The van der Waals surface area contributed by atoms with Gasteiger partial charge in [-0.05, 0) is 96.6 Å². The van der Waals surface area contributed by atoms with E-state index in [2.05, 4.69) is 5.43 Å². The quantitative estimate of drug-likeness (QED) is 0.151. The number of nitrogens with one attached hydrogen (secondary N) is 1. The van der Waals surface area contributed by atoms with Crippen molar-refractivity contribution >= 4 is 52.6 Å². The van der Waals surface area contributed by atoms with Gasteiger partial charge >= 0.3 is 5.97 Å². The monoisotopic (exact) mass is 735 g/mol. The molecule has 13 heteroatoms. The van der Waals surface area contributed by atoms with Crippen LogP contribution < -0.4 is 15.1 Å². The first-order valence-electron chi connectivity index (χ1n) is 16.9. The Labute approximate surface area is 307 Å². The Morgan fingerprint density at radius 2 is 1.66 bits per heavy atom. The van der Waals surface area contributed by atoms with Crippen molar-refractivity contribution in [3.05, 3.63) is 130 Å². The molecule has 0 bridgehead atoms. The number of aromatic carboxylic acids is 1. The van der Waals surface area contributed by atoms with Crippen molar-refractivity contribution in [2.45, 2.75) is 24.2 Å². The molecule has 0 radical (unpaired) electrons. The number of hydrogen-bond acceptors (Lipinski definition) is 8. The lowest BCUT2D eigenvalue weighted by molar-refractivity contribution is -0.138. The number of halogens is 2. The van der Waals surface area contributed by atoms with Gasteiger partial charge in [-0.15, -0.1) is 0 Å². The zero-order chi connectivity index (χ0) is 37.3. The van der Waals surface area contributed by atoms with Gasteiger partial charge in [0.15, 0.2) is 11.5 Å². The van der Waals surface area contributed by atoms with Gasteiger partial charge in [0.2, 0.25) is 11.8 Å². The van der Waals surface area contributed by atoms with E-state index in [4.69, 9.17) is 16.3 Å². The second-order valence-electron chi connectivity index (χ2n) is 13.7. The Balaban J connectivity index is 1.32. The van der Waals surface area contributed by atoms with Crippen molar-refractivity contribution in [1.82, 2.24) is 5.01 Å². The van der Waals surface area contributed by atoms with Crippen molar-refractivity contribution in [2.75, 3.05) is 17.4 Å². The van der Waals surface area contributed by atoms with E-state index in [1.165, 1.54) is 61.7 Å². The summed E-state index contributed by atoms with van der Waals surface area (Å²) in [5.41, 5.74) is 3.15. The van der Waals surface area contributed by atoms with Crippen molar-refractivity contribution in [3.63, 3.8) is 0 Å². The summed E-state index contributed by atoms with van der Waals surface area (Å²) in [4.78, 5) is 71.3. The summed E-state index contributed by atoms with van der Waals surface area (Å²) in [5, 5.41) is 22.0. The maximum Gasteiger partial charge on any atom is 0.335 e. The predicted octanol–water partition coefficient (Wildman–Crippen LogP) is 6.08. The molecular weight excluding hydrogens is 705 g/mol. The van der Waals surface area contributed by atoms with E-state index in [1.807, 2.05) is 6.08 Å². The van der Waals surface area contributed by atoms with E-state index in [0.717, 1.165) is 9.91 Å². The lowest BCUT2D eigenvalue weighted by atomic mass is 9.49. The third-order valence-electron chi connectivity index (χ3n) is 11.1. The summed E-state index contributed by atoms with van der Waals surface area (Å²) in [6.07, 6.45) is 2.00. The number of carbonyl (C=O) groups excluding carboxylic acids is 4. The van der Waals surface area contributed by atoms with Crippen LogP contribution in [0.15, 0.2) is 103 Å². The van der Waals surface area contributed by atoms with E-state index in [1.54, 1.807) is 36.4 Å². The molecule has 6 atom stereocenters. The number of methoxy groups -OCH3 is 1. The Morgan fingerprint density at radius 1 is 0.925 bits per heavy atom. The Morgan fingerprint density at radius 3 is 2.34 bits per heavy atom. The summed E-state index contributed by atoms with van der Waals surface area (Å²) in [6.45, 7) is 0. The summed E-state index contributed by atoms with van der Waals surface area (Å²) in [5.74, 6) is -8.46. The minimum Gasteiger partial charge on any atom is -0.504 e. The smallest absolute Gasteiger partial charge is 0.335 e. The minimum absolute atomic E-state index is 0.00244. The van der Waals surface area contributed by atoms with Crippen molar-refractivity contribution in [1.29, 1.82) is 0 Å². The molecule has 4 aromatic carbocycles. The number of phenolic OH excluding ortho intramolecular Hbond substituents is 1. The molecule has 2 heterocycles. The summed E-state index contributed by atoms with van der Waals surface area (Å²) in [7, 11) is 1.40. The number of anilines is 2. The molecule has 1 saturated carbocycles. The Kier molecular flexibility index (Phi) is 8.10. The first kappa shape index (κ1) is 34.1. The molecule has 0 aromatic heterocycles. The number of carbonyl (C=O) groups is 5. The SMILES string of the molecule is COc1ccc(C2C3=CCC4C(=O)N(c5cccc(C(=O)O)c5)C(=O)C4C3CC3C(=O)N(Nc4ccc(F)cc4)C(=O)C32c2ccc(Cl)cc2)cc1O. The van der Waals surface area contributed by atoms with Crippen LogP contribution in [0.5, 0.6) is 11.5 Å². The van der Waals surface area contributed by atoms with Crippen LogP contribution in [0.4, 0.5) is 15.8 Å². The molecule has 53 heavy (non-hydrogen) atoms. The number of nitrogens with zero attached hydrogens (tertiary/aromatic N) is 2. The number of hydrogen-bond donors (Lipinski definition) is 3. The van der Waals surface area contributed by atoms with Gasteiger partial charge in [-0.25, -0.2) is 9.18 Å². The normalized spacial score (nSPS) is 26.2. The molecule has 6 unspecified atom stereocenters. The van der Waals surface area contributed by atoms with Crippen molar-refractivity contribution < 1.29 is 43.3 Å². The summed E-state index contributed by atoms with van der Waals surface area (Å²) < 4.78 is 19.2. The maximum absolute atomic E-state index is 15.2. The lowest BCUT2D eigenvalue weighted by Gasteiger charge is -2.50. The number of ether oxygens (including phenoxy) is 1. The van der Waals surface area contributed by atoms with Crippen LogP contribution >= 0.6 is 11.6 Å². The number of carboxylic acids is 1. The van der Waals surface area contributed by atoms with E-state index >= 15 is 4.79 Å². The number of rotatable bonds is 7. The van der Waals surface area contributed by atoms with Crippen LogP contribution in [0.25, 0.3) is 0 Å². The lowest BCUT2D eigenvalue weighted by Crippen LogP contribution is -2.53. The number of hydrazine groups is 1. The Bertz CT molecular complexity index is 2260. The zero-order valence-corrected chi connectivity index (χ0v) is 28.8. The minimum atomic E-state index is -1.63. The number of benzene rings is 4. The van der Waals surface area contributed by atoms with E-state index in [0.29, 0.717) is 21.7 Å². The van der Waals surface area contributed by atoms with Crippen molar-refractivity contribution in [2.24, 2.45) is 23.7 Å². The highest BCUT2D eigenvalue weighted by molar-refractivity contribution is 6.30. The van der Waals surface area contributed by atoms with Crippen LogP contribution in [0.1, 0.15) is 40.2 Å². The maximum atomic E-state index is 15.2. The highest BCUT2D eigenvalue weighted by atomic mass is 35.5. The van der Waals surface area contributed by atoms with Gasteiger partial charge in [-0.3, -0.25) is 29.5 Å². The molecule has 8 rings (SSSR count). The number of amides is 4. The van der Waals surface area contributed by atoms with E-state index in [-0.39, 0.29) is 41.3 Å². The fourth-order valence-electron chi connectivity index (χ4n) is 8.95. The van der Waals surface area contributed by atoms with E-state index < -0.39 is 70.4 Å². The number of aromatic hydroxyl groups is 1. The second-order valence-corrected chi connectivity index (χ2v) is 14.1. The Hall–Kier alpha value is -6.01. The fraction of sp³-hybridized carbons (Fsp3) is 0.225. The molecule has 268 valence electrons. The number of carboxylic acid groups (broad SMARTS) is 1. The summed E-state index contributed by atoms with van der Waals surface area (Å²) >= 11 is 6.33. The number of imide groups is 2. The van der Waals surface area contributed by atoms with Gasteiger partial charge in [0, 0.05) is 10.9 Å². The highest BCUT2D eigenvalue weighted by Crippen LogP contribution is 2.64. The first-order chi connectivity index (χ1) is 25.4. The number of allylic oxidation sites excluding steroid dienone is 2. The molecule has 2 saturated heterocycles. The zero-order valence-electron chi connectivity index (χ0n) is 28.0. The molecule has 4 aliphatic rings. The van der Waals surface area contributed by atoms with Gasteiger partial charge in [0.05, 0.1) is 47.2 Å². The van der Waals surface area contributed by atoms with Gasteiger partial charge in [0.1, 0.15) is 5.82 Å². The molecule has 3 N–H and O–H groups in total. The third-order valence-corrected chi connectivity index (χ3v) is 11.4. The predicted molar refractivity (Wildman–Crippen MR) is 190 cm³/mol. The van der Waals surface area contributed by atoms with Crippen LogP contribution in [0.3, 0.4) is 0 Å². The van der Waals surface area contributed by atoms with Gasteiger partial charge in [-0.2, -0.15) is 5.01 Å². The average molecular weight is 736 g/mol. The number of phenols is 1. The second kappa shape index (κ2) is 12.6. The molecule has 4 aromatic rings. The molecule has 2 aliphatic heterocycles. The first-order valence-corrected chi connectivity index (χ1v) is 17.3. The largest absolute Gasteiger partial charge is 0.504 e.